The molecule has 0 nitrogen and oxygen atoms in total. The molecule has 0 N–H and O–H groups in total. The van der Waals surface area contributed by atoms with E-state index in [9.17, 15) is 0 Å². The highest BCUT2D eigenvalue weighted by atomic mass is 79.9. The lowest BCUT2D eigenvalue weighted by Crippen LogP contribution is -1.75. The Balaban J connectivity index is 3.15. The van der Waals surface area contributed by atoms with Crippen LogP contribution in [0.1, 0.15) is 5.56 Å². The number of hydrogen-bond acceptors (Lipinski definition) is 0. The van der Waals surface area contributed by atoms with Crippen LogP contribution in [0.2, 0.25) is 10.0 Å². The lowest BCUT2D eigenvalue weighted by molar-refractivity contribution is 1.65. The molecule has 0 aliphatic heterocycles. The molecule has 0 saturated carbocycles. The van der Waals surface area contributed by atoms with E-state index in [1.807, 2.05) is 6.07 Å². The van der Waals surface area contributed by atoms with Crippen LogP contribution in [0.5, 0.6) is 0 Å². The second-order valence-electron chi connectivity index (χ2n) is 2.03. The van der Waals surface area contributed by atoms with Gasteiger partial charge < -0.3 is 0 Å². The largest absolute Gasteiger partial charge is 0.0841 e. The van der Waals surface area contributed by atoms with Crippen LogP contribution in [0.3, 0.4) is 0 Å². The Kier molecular flexibility index (Phi) is 2.99. The van der Waals surface area contributed by atoms with Crippen molar-refractivity contribution in [3.05, 3.63) is 40.4 Å². The maximum absolute atomic E-state index is 5.76. The molecule has 0 unspecified atom stereocenters. The van der Waals surface area contributed by atoms with Crippen LogP contribution in [-0.4, -0.2) is 0 Å². The summed E-state index contributed by atoms with van der Waals surface area (Å²) in [5.74, 6) is 0. The Morgan fingerprint density at radius 2 is 1.91 bits per heavy atom. The van der Waals surface area contributed by atoms with Crippen molar-refractivity contribution in [3.63, 3.8) is 0 Å². The summed E-state index contributed by atoms with van der Waals surface area (Å²) in [6, 6.07) is 5.36. The molecule has 1 aromatic rings. The summed E-state index contributed by atoms with van der Waals surface area (Å²) in [6.07, 6.45) is 0. The Morgan fingerprint density at radius 3 is 2.36 bits per heavy atom. The van der Waals surface area contributed by atoms with Gasteiger partial charge in [-0.3, -0.25) is 0 Å². The van der Waals surface area contributed by atoms with Crippen molar-refractivity contribution >= 4 is 43.6 Å². The van der Waals surface area contributed by atoms with Crippen LogP contribution in [-0.2, 0) is 0 Å². The zero-order chi connectivity index (χ0) is 8.43. The molecule has 0 aliphatic carbocycles. The monoisotopic (exact) mass is 250 g/mol. The van der Waals surface area contributed by atoms with Crippen molar-refractivity contribution in [2.75, 3.05) is 0 Å². The highest BCUT2D eigenvalue weighted by Crippen LogP contribution is 2.27. The Labute approximate surface area is 83.9 Å². The molecule has 3 heteroatoms. The molecule has 0 aliphatic rings. The van der Waals surface area contributed by atoms with Crippen molar-refractivity contribution in [1.82, 2.24) is 0 Å². The second-order valence-corrected chi connectivity index (χ2v) is 3.81. The van der Waals surface area contributed by atoms with Gasteiger partial charge in [-0.15, -0.1) is 0 Å². The maximum atomic E-state index is 5.76. The minimum absolute atomic E-state index is 0.546. The van der Waals surface area contributed by atoms with Crippen LogP contribution in [0, 0.1) is 0 Å². The van der Waals surface area contributed by atoms with Gasteiger partial charge in [-0.2, -0.15) is 0 Å². The summed E-state index contributed by atoms with van der Waals surface area (Å²) in [4.78, 5) is 0. The Hall–Kier alpha value is 0.0200. The number of halogens is 3. The topological polar surface area (TPSA) is 0 Å². The molecular weight excluding hydrogens is 247 g/mol. The van der Waals surface area contributed by atoms with Crippen LogP contribution < -0.4 is 0 Å². The molecule has 1 aromatic carbocycles. The lowest BCUT2D eigenvalue weighted by Gasteiger charge is -1.99. The van der Waals surface area contributed by atoms with Crippen molar-refractivity contribution in [2.45, 2.75) is 0 Å². The van der Waals surface area contributed by atoms with Gasteiger partial charge in [0.05, 0.1) is 10.0 Å². The fraction of sp³-hybridized carbons (Fsp3) is 0. The number of benzene rings is 1. The normalized spacial score (nSPS) is 9.73. The Bertz CT molecular complexity index is 294. The van der Waals surface area contributed by atoms with Crippen LogP contribution in [0.15, 0.2) is 24.8 Å². The van der Waals surface area contributed by atoms with Gasteiger partial charge in [-0.25, -0.2) is 0 Å². The molecule has 1 rings (SSSR count). The molecule has 0 radical (unpaired) electrons. The van der Waals surface area contributed by atoms with Crippen LogP contribution in [0.4, 0.5) is 0 Å². The van der Waals surface area contributed by atoms with E-state index >= 15 is 0 Å². The number of rotatable bonds is 1. The van der Waals surface area contributed by atoms with Gasteiger partial charge in [0.15, 0.2) is 0 Å². The van der Waals surface area contributed by atoms with E-state index in [4.69, 9.17) is 23.2 Å². The van der Waals surface area contributed by atoms with Gasteiger partial charge in [-0.1, -0.05) is 51.8 Å². The molecular formula is C8H5BrCl2. The highest BCUT2D eigenvalue weighted by Gasteiger charge is 1.99. The molecule has 0 heterocycles. The first-order valence-electron chi connectivity index (χ1n) is 2.91. The third-order valence-electron chi connectivity index (χ3n) is 1.23. The average Bonchev–Trinajstić information content (AvgIpc) is 1.94. The summed E-state index contributed by atoms with van der Waals surface area (Å²) in [6.45, 7) is 3.71. The Morgan fingerprint density at radius 1 is 1.27 bits per heavy atom. The van der Waals surface area contributed by atoms with Crippen molar-refractivity contribution < 1.29 is 0 Å². The zero-order valence-corrected chi connectivity index (χ0v) is 8.67. The minimum Gasteiger partial charge on any atom is -0.0841 e. The van der Waals surface area contributed by atoms with E-state index in [-0.39, 0.29) is 0 Å². The SMILES string of the molecule is C=C(Br)c1ccc(Cl)c(Cl)c1. The smallest absolute Gasteiger partial charge is 0.0598 e. The van der Waals surface area contributed by atoms with Crippen molar-refractivity contribution in [1.29, 1.82) is 0 Å². The molecule has 11 heavy (non-hydrogen) atoms. The summed E-state index contributed by atoms with van der Waals surface area (Å²) in [5, 5.41) is 1.11. The molecule has 58 valence electrons. The first-order valence-corrected chi connectivity index (χ1v) is 4.46. The van der Waals surface area contributed by atoms with E-state index in [1.54, 1.807) is 12.1 Å². The fourth-order valence-electron chi connectivity index (χ4n) is 0.665. The fourth-order valence-corrected chi connectivity index (χ4v) is 1.21. The second kappa shape index (κ2) is 3.61. The van der Waals surface area contributed by atoms with E-state index in [0.717, 1.165) is 10.0 Å². The quantitative estimate of drug-likeness (QED) is 0.696. The van der Waals surface area contributed by atoms with Gasteiger partial charge in [0.2, 0.25) is 0 Å². The van der Waals surface area contributed by atoms with Gasteiger partial charge in [0, 0.05) is 4.48 Å². The van der Waals surface area contributed by atoms with Gasteiger partial charge in [0.25, 0.3) is 0 Å². The first-order chi connectivity index (χ1) is 5.11. The first kappa shape index (κ1) is 9.11. The van der Waals surface area contributed by atoms with Crippen LogP contribution >= 0.6 is 39.1 Å². The van der Waals surface area contributed by atoms with E-state index < -0.39 is 0 Å². The molecule has 0 fully saturated rings. The maximum Gasteiger partial charge on any atom is 0.0598 e. The predicted molar refractivity (Wildman–Crippen MR) is 54.4 cm³/mol. The van der Waals surface area contributed by atoms with Gasteiger partial charge >= 0.3 is 0 Å². The summed E-state index contributed by atoms with van der Waals surface area (Å²) in [7, 11) is 0. The van der Waals surface area contributed by atoms with Crippen molar-refractivity contribution in [2.24, 2.45) is 0 Å². The summed E-state index contributed by atoms with van der Waals surface area (Å²) in [5.41, 5.74) is 0.944. The van der Waals surface area contributed by atoms with E-state index in [0.29, 0.717) is 10.0 Å². The molecule has 0 bridgehead atoms. The number of hydrogen-bond donors (Lipinski definition) is 0. The predicted octanol–water partition coefficient (Wildman–Crippen LogP) is 4.36. The standard InChI is InChI=1S/C8H5BrCl2/c1-5(9)6-2-3-7(10)8(11)4-6/h2-4H,1H2. The van der Waals surface area contributed by atoms with E-state index in [1.165, 1.54) is 0 Å². The van der Waals surface area contributed by atoms with Gasteiger partial charge in [0.1, 0.15) is 0 Å². The molecule has 0 amide bonds. The minimum atomic E-state index is 0.546. The summed E-state index contributed by atoms with van der Waals surface area (Å²) >= 11 is 14.7. The third kappa shape index (κ3) is 2.22. The van der Waals surface area contributed by atoms with Crippen LogP contribution in [0.25, 0.3) is 4.48 Å². The molecule has 0 spiro atoms. The summed E-state index contributed by atoms with van der Waals surface area (Å²) < 4.78 is 0.802. The lowest BCUT2D eigenvalue weighted by atomic mass is 10.2. The molecule has 0 aromatic heterocycles. The molecule has 0 saturated heterocycles. The zero-order valence-electron chi connectivity index (χ0n) is 5.57. The highest BCUT2D eigenvalue weighted by molar-refractivity contribution is 9.15. The van der Waals surface area contributed by atoms with E-state index in [2.05, 4.69) is 22.5 Å². The average molecular weight is 252 g/mol. The van der Waals surface area contributed by atoms with Crippen molar-refractivity contribution in [3.8, 4) is 0 Å². The third-order valence-corrected chi connectivity index (χ3v) is 2.43. The van der Waals surface area contributed by atoms with Gasteiger partial charge in [-0.05, 0) is 17.7 Å². The molecule has 0 atom stereocenters.